The molecule has 506 valence electrons. The molecule has 0 saturated carbocycles. The third kappa shape index (κ3) is 11.2. The first-order valence-electron chi connectivity index (χ1n) is 35.8. The third-order valence-electron chi connectivity index (χ3n) is 21.3. The van der Waals surface area contributed by atoms with Gasteiger partial charge >= 0.3 is 0 Å². The summed E-state index contributed by atoms with van der Waals surface area (Å²) in [5.74, 6) is 20.4. The van der Waals surface area contributed by atoms with E-state index in [0.29, 0.717) is 19.8 Å². The van der Waals surface area contributed by atoms with Gasteiger partial charge in [0.05, 0.1) is 16.2 Å². The van der Waals surface area contributed by atoms with Crippen molar-refractivity contribution < 1.29 is 14.2 Å². The zero-order chi connectivity index (χ0) is 71.2. The fourth-order valence-corrected chi connectivity index (χ4v) is 20.2. The van der Waals surface area contributed by atoms with Gasteiger partial charge in [0.1, 0.15) is 37.1 Å². The lowest BCUT2D eigenvalue weighted by atomic mass is 9.64. The number of ether oxygens (including phenoxy) is 3. The summed E-state index contributed by atoms with van der Waals surface area (Å²) in [5.41, 5.74) is 15.5. The van der Waals surface area contributed by atoms with Crippen LogP contribution in [0, 0.1) is 35.5 Å². The van der Waals surface area contributed by atoms with Crippen molar-refractivity contribution in [3.05, 3.63) is 394 Å². The smallest absolute Gasteiger partial charge is 0.149 e. The molecule has 0 spiro atoms. The quantitative estimate of drug-likeness (QED) is 0.0946. The number of nitrogens with zero attached hydrogens (tertiary/aromatic N) is 1. The Labute approximate surface area is 632 Å². The van der Waals surface area contributed by atoms with Gasteiger partial charge in [0, 0.05) is 46.4 Å². The summed E-state index contributed by atoms with van der Waals surface area (Å²) in [7, 11) is 0. The third-order valence-corrected chi connectivity index (χ3v) is 24.7. The zero-order valence-electron chi connectivity index (χ0n) is 58.7. The summed E-state index contributed by atoms with van der Waals surface area (Å²) in [6.07, 6.45) is 0. The van der Waals surface area contributed by atoms with Crippen molar-refractivity contribution >= 4 is 84.7 Å². The Morgan fingerprint density at radius 3 is 0.708 bits per heavy atom. The summed E-state index contributed by atoms with van der Waals surface area (Å²) in [5, 5.41) is 6.70. The van der Waals surface area contributed by atoms with Gasteiger partial charge in [-0.05, 0) is 247 Å². The zero-order valence-corrected chi connectivity index (χ0v) is 61.1. The Bertz CT molecular complexity index is 5430. The fraction of sp³-hybridized carbons (Fsp3) is 0.0909. The molecule has 0 aromatic heterocycles. The summed E-state index contributed by atoms with van der Waals surface area (Å²) in [6.45, 7) is 6.54. The summed E-state index contributed by atoms with van der Waals surface area (Å²) >= 11 is 5.55. The molecule has 15 aromatic rings. The van der Waals surface area contributed by atoms with E-state index in [-0.39, 0.29) is 0 Å². The second-order valence-electron chi connectivity index (χ2n) is 26.8. The highest BCUT2D eigenvalue weighted by Crippen LogP contribution is 2.60. The number of benzene rings is 15. The van der Waals surface area contributed by atoms with Crippen LogP contribution in [-0.2, 0) is 16.2 Å². The molecule has 0 saturated heterocycles. The first-order valence-corrected chi connectivity index (χ1v) is 38.2. The molecule has 3 heterocycles. The first-order chi connectivity index (χ1) is 52.4. The highest BCUT2D eigenvalue weighted by atomic mass is 32.2. The lowest BCUT2D eigenvalue weighted by molar-refractivity contribution is 0.370. The van der Waals surface area contributed by atoms with Crippen molar-refractivity contribution in [1.82, 2.24) is 0 Å². The monoisotopic (exact) mass is 1420 g/mol. The van der Waals surface area contributed by atoms with Crippen LogP contribution in [0.4, 0.5) is 17.1 Å². The van der Waals surface area contributed by atoms with Crippen LogP contribution in [0.1, 0.15) is 87.5 Å². The van der Waals surface area contributed by atoms with Crippen LogP contribution in [0.2, 0.25) is 0 Å². The van der Waals surface area contributed by atoms with E-state index in [1.165, 1.54) is 96.1 Å². The summed E-state index contributed by atoms with van der Waals surface area (Å²) < 4.78 is 18.3. The van der Waals surface area contributed by atoms with Crippen LogP contribution >= 0.6 is 35.3 Å². The average Bonchev–Trinajstić information content (AvgIpc) is 0.717. The minimum atomic E-state index is -0.700. The molecule has 15 aromatic carbocycles. The van der Waals surface area contributed by atoms with Crippen LogP contribution in [0.5, 0.6) is 17.2 Å². The second kappa shape index (κ2) is 27.9. The molecular weight excluding hydrogens is 1350 g/mol. The van der Waals surface area contributed by atoms with Crippen molar-refractivity contribution in [2.24, 2.45) is 0 Å². The number of anilines is 3. The minimum Gasteiger partial charge on any atom is -0.481 e. The fourth-order valence-electron chi connectivity index (χ4n) is 16.6. The molecule has 0 bridgehead atoms. The predicted molar refractivity (Wildman–Crippen MR) is 438 cm³/mol. The Morgan fingerprint density at radius 1 is 0.245 bits per heavy atom. The van der Waals surface area contributed by atoms with Crippen LogP contribution < -0.4 is 19.1 Å². The molecule has 0 aliphatic carbocycles. The van der Waals surface area contributed by atoms with Gasteiger partial charge in [-0.15, -0.1) is 17.8 Å². The van der Waals surface area contributed by atoms with E-state index >= 15 is 0 Å². The summed E-state index contributed by atoms with van der Waals surface area (Å²) in [6, 6.07) is 122. The number of fused-ring (bicyclic) bond motifs is 9. The first kappa shape index (κ1) is 66.0. The largest absolute Gasteiger partial charge is 0.481 e. The molecule has 0 radical (unpaired) electrons. The maximum Gasteiger partial charge on any atom is 0.149 e. The lowest BCUT2D eigenvalue weighted by Gasteiger charge is -2.42. The van der Waals surface area contributed by atoms with E-state index < -0.39 is 16.2 Å². The van der Waals surface area contributed by atoms with Crippen molar-refractivity contribution in [2.45, 2.75) is 66.4 Å². The molecule has 3 aliphatic heterocycles. The van der Waals surface area contributed by atoms with Crippen molar-refractivity contribution in [1.29, 1.82) is 0 Å². The van der Waals surface area contributed by atoms with Crippen molar-refractivity contribution in [3.63, 3.8) is 0 Å². The highest BCUT2D eigenvalue weighted by molar-refractivity contribution is 8.00. The van der Waals surface area contributed by atoms with Gasteiger partial charge < -0.3 is 19.1 Å². The molecule has 106 heavy (non-hydrogen) atoms. The summed E-state index contributed by atoms with van der Waals surface area (Å²) in [4.78, 5) is 9.83. The topological polar surface area (TPSA) is 30.9 Å². The standard InChI is InChI=1S/C99H69NO3S3/c1-4-7-58-101-82-55-37-67-61-76(40-34-70(67)64-82)97(85-22-10-16-28-91(85)104-92-29-17-11-23-86(92)97)73-43-49-79(50-44-73)100(80-51-45-74(46-52-80)98(87-24-12-18-30-93(87)105-94-31-19-13-25-88(94)98)77-41-35-71-65-83(102-59-8-5-2)56-38-68(71)62-77)81-53-47-75(48-54-81)99(89-26-14-20-32-95(89)106-96-33-21-15-27-90(96)99)78-42-36-72-66-84(103-60-9-6-3)57-39-69(72)63-78/h10-57,61-66H,58-60H2,1-3H3. The van der Waals surface area contributed by atoms with E-state index in [2.05, 4.69) is 368 Å². The molecule has 4 nitrogen and oxygen atoms in total. The Morgan fingerprint density at radius 2 is 0.462 bits per heavy atom. The number of rotatable bonds is 15. The number of hydrogen-bond acceptors (Lipinski definition) is 7. The van der Waals surface area contributed by atoms with Crippen LogP contribution in [-0.4, -0.2) is 19.8 Å². The van der Waals surface area contributed by atoms with Gasteiger partial charge in [-0.25, -0.2) is 0 Å². The predicted octanol–water partition coefficient (Wildman–Crippen LogP) is 24.4. The second-order valence-corrected chi connectivity index (χ2v) is 30.1. The maximum atomic E-state index is 6.10. The van der Waals surface area contributed by atoms with Crippen molar-refractivity contribution in [2.75, 3.05) is 24.7 Å². The molecule has 7 heteroatoms. The van der Waals surface area contributed by atoms with Crippen LogP contribution in [0.25, 0.3) is 32.3 Å². The Kier molecular flexibility index (Phi) is 17.4. The van der Waals surface area contributed by atoms with Gasteiger partial charge in [0.25, 0.3) is 0 Å². The van der Waals surface area contributed by atoms with E-state index in [1.54, 1.807) is 0 Å². The van der Waals surface area contributed by atoms with Gasteiger partial charge in [-0.3, -0.25) is 0 Å². The van der Waals surface area contributed by atoms with Crippen LogP contribution in [0.15, 0.2) is 357 Å². The van der Waals surface area contributed by atoms with E-state index in [4.69, 9.17) is 14.2 Å². The molecule has 0 fully saturated rings. The van der Waals surface area contributed by atoms with Crippen LogP contribution in [0.3, 0.4) is 0 Å². The average molecular weight is 1420 g/mol. The molecule has 3 aliphatic rings. The van der Waals surface area contributed by atoms with Gasteiger partial charge in [0.2, 0.25) is 0 Å². The van der Waals surface area contributed by atoms with E-state index in [0.717, 1.165) is 66.6 Å². The van der Waals surface area contributed by atoms with Crippen molar-refractivity contribution in [3.8, 4) is 52.8 Å². The van der Waals surface area contributed by atoms with Gasteiger partial charge in [-0.1, -0.05) is 253 Å². The maximum absolute atomic E-state index is 6.10. The van der Waals surface area contributed by atoms with E-state index in [1.807, 2.05) is 56.1 Å². The van der Waals surface area contributed by atoms with Gasteiger partial charge in [-0.2, -0.15) is 0 Å². The molecule has 18 rings (SSSR count). The Balaban J connectivity index is 0.829. The molecular formula is C99H69NO3S3. The number of hydrogen-bond donors (Lipinski definition) is 0. The van der Waals surface area contributed by atoms with Gasteiger partial charge in [0.15, 0.2) is 0 Å². The SMILES string of the molecule is CC#CCOc1ccc2cc(C3(c4ccc(N(c5ccc(C6(c7ccc8cc(OCC#CC)ccc8c7)c7ccccc7Sc7ccccc76)cc5)c5ccc(C6(c7ccc8cc(OCC#CC)ccc8c7)c7ccccc7Sc7ccccc76)cc5)cc4)c4ccccc4Sc4ccccc43)ccc2c1. The lowest BCUT2D eigenvalue weighted by Crippen LogP contribution is -2.34. The molecule has 0 amide bonds. The highest BCUT2D eigenvalue weighted by Gasteiger charge is 2.48. The van der Waals surface area contributed by atoms with E-state index in [9.17, 15) is 0 Å². The molecule has 0 N–H and O–H groups in total. The Hall–Kier alpha value is -12.0. The molecule has 0 atom stereocenters. The minimum absolute atomic E-state index is 0.341. The molecule has 0 unspecified atom stereocenters. The normalized spacial score (nSPS) is 13.6.